The minimum atomic E-state index is 0.0658. The first-order valence-electron chi connectivity index (χ1n) is 6.54. The molecule has 0 fully saturated rings. The smallest absolute Gasteiger partial charge is 0.161 e. The van der Waals surface area contributed by atoms with Crippen molar-refractivity contribution in [2.24, 2.45) is 0 Å². The third-order valence-electron chi connectivity index (χ3n) is 2.82. The van der Waals surface area contributed by atoms with Crippen LogP contribution in [0.25, 0.3) is 11.1 Å². The molecule has 2 aromatic rings. The number of ether oxygens (including phenoxy) is 2. The van der Waals surface area contributed by atoms with Gasteiger partial charge < -0.3 is 14.6 Å². The highest BCUT2D eigenvalue weighted by Crippen LogP contribution is 2.35. The van der Waals surface area contributed by atoms with Crippen LogP contribution in [0.3, 0.4) is 0 Å². The van der Waals surface area contributed by atoms with Crippen molar-refractivity contribution >= 4 is 11.6 Å². The van der Waals surface area contributed by atoms with Gasteiger partial charge >= 0.3 is 0 Å². The summed E-state index contributed by atoms with van der Waals surface area (Å²) in [5, 5.41) is 10.0. The van der Waals surface area contributed by atoms with Crippen LogP contribution in [0.5, 0.6) is 17.2 Å². The Balaban J connectivity index is 2.41. The largest absolute Gasteiger partial charge is 0.506 e. The average Bonchev–Trinajstić information content (AvgIpc) is 2.44. The van der Waals surface area contributed by atoms with Crippen molar-refractivity contribution in [1.82, 2.24) is 0 Å². The Kier molecular flexibility index (Phi) is 4.74. The standard InChI is InChI=1S/C16H17ClO3/c1-3-19-15-8-6-12(10-16(15)20-4-2)11-5-7-13(17)14(18)9-11/h5-10,18H,3-4H2,1-2H3. The second kappa shape index (κ2) is 6.53. The molecule has 20 heavy (non-hydrogen) atoms. The van der Waals surface area contributed by atoms with Crippen molar-refractivity contribution in [3.63, 3.8) is 0 Å². The van der Waals surface area contributed by atoms with Crippen molar-refractivity contribution < 1.29 is 14.6 Å². The lowest BCUT2D eigenvalue weighted by Gasteiger charge is -2.12. The number of halogens is 1. The van der Waals surface area contributed by atoms with Gasteiger partial charge in [-0.05, 0) is 49.2 Å². The lowest BCUT2D eigenvalue weighted by atomic mass is 10.0. The Morgan fingerprint density at radius 1 is 0.900 bits per heavy atom. The highest BCUT2D eigenvalue weighted by molar-refractivity contribution is 6.32. The van der Waals surface area contributed by atoms with Gasteiger partial charge in [0, 0.05) is 0 Å². The van der Waals surface area contributed by atoms with E-state index in [1.54, 1.807) is 12.1 Å². The summed E-state index contributed by atoms with van der Waals surface area (Å²) in [7, 11) is 0. The van der Waals surface area contributed by atoms with Gasteiger partial charge in [0.25, 0.3) is 0 Å². The van der Waals surface area contributed by atoms with Gasteiger partial charge in [-0.15, -0.1) is 0 Å². The molecule has 0 spiro atoms. The fourth-order valence-electron chi connectivity index (χ4n) is 1.92. The average molecular weight is 293 g/mol. The lowest BCUT2D eigenvalue weighted by Crippen LogP contribution is -1.98. The zero-order valence-corrected chi connectivity index (χ0v) is 12.3. The zero-order chi connectivity index (χ0) is 14.5. The predicted molar refractivity (Wildman–Crippen MR) is 80.9 cm³/mol. The molecule has 0 saturated heterocycles. The highest BCUT2D eigenvalue weighted by atomic mass is 35.5. The molecule has 0 aliphatic carbocycles. The molecule has 4 heteroatoms. The van der Waals surface area contributed by atoms with Gasteiger partial charge in [0.15, 0.2) is 11.5 Å². The summed E-state index contributed by atoms with van der Waals surface area (Å²) in [6, 6.07) is 10.9. The summed E-state index contributed by atoms with van der Waals surface area (Å²) in [6.07, 6.45) is 0. The molecule has 3 nitrogen and oxygen atoms in total. The predicted octanol–water partition coefficient (Wildman–Crippen LogP) is 4.51. The molecule has 0 bridgehead atoms. The molecule has 2 rings (SSSR count). The number of hydrogen-bond acceptors (Lipinski definition) is 3. The first-order chi connectivity index (χ1) is 9.65. The van der Waals surface area contributed by atoms with E-state index in [-0.39, 0.29) is 5.75 Å². The minimum absolute atomic E-state index is 0.0658. The maximum Gasteiger partial charge on any atom is 0.161 e. The number of aromatic hydroxyl groups is 1. The van der Waals surface area contributed by atoms with Gasteiger partial charge in [-0.2, -0.15) is 0 Å². The van der Waals surface area contributed by atoms with E-state index < -0.39 is 0 Å². The van der Waals surface area contributed by atoms with E-state index in [2.05, 4.69) is 0 Å². The molecule has 0 heterocycles. The van der Waals surface area contributed by atoms with Gasteiger partial charge in [-0.25, -0.2) is 0 Å². The second-order valence-electron chi connectivity index (χ2n) is 4.19. The summed E-state index contributed by atoms with van der Waals surface area (Å²) in [6.45, 7) is 5.01. The summed E-state index contributed by atoms with van der Waals surface area (Å²) >= 11 is 5.82. The van der Waals surface area contributed by atoms with E-state index in [1.165, 1.54) is 0 Å². The molecule has 1 N–H and O–H groups in total. The van der Waals surface area contributed by atoms with Gasteiger partial charge in [0.05, 0.1) is 18.2 Å². The lowest BCUT2D eigenvalue weighted by molar-refractivity contribution is 0.288. The Hall–Kier alpha value is -1.87. The fraction of sp³-hybridized carbons (Fsp3) is 0.250. The number of hydrogen-bond donors (Lipinski definition) is 1. The molecule has 0 aliphatic heterocycles. The molecule has 0 saturated carbocycles. The second-order valence-corrected chi connectivity index (χ2v) is 4.60. The van der Waals surface area contributed by atoms with Crippen LogP contribution in [0.1, 0.15) is 13.8 Å². The van der Waals surface area contributed by atoms with Crippen molar-refractivity contribution in [2.45, 2.75) is 13.8 Å². The first-order valence-corrected chi connectivity index (χ1v) is 6.92. The highest BCUT2D eigenvalue weighted by Gasteiger charge is 2.09. The molecule has 106 valence electrons. The maximum absolute atomic E-state index is 9.69. The van der Waals surface area contributed by atoms with E-state index in [0.29, 0.717) is 24.0 Å². The molecule has 2 aromatic carbocycles. The van der Waals surface area contributed by atoms with Crippen LogP contribution in [-0.4, -0.2) is 18.3 Å². The SMILES string of the molecule is CCOc1ccc(-c2ccc(Cl)c(O)c2)cc1OCC. The molecular formula is C16H17ClO3. The molecule has 0 aliphatic rings. The fourth-order valence-corrected chi connectivity index (χ4v) is 2.04. The van der Waals surface area contributed by atoms with E-state index in [4.69, 9.17) is 21.1 Å². The number of benzene rings is 2. The summed E-state index contributed by atoms with van der Waals surface area (Å²) in [5.41, 5.74) is 1.81. The van der Waals surface area contributed by atoms with Crippen LogP contribution in [0.2, 0.25) is 5.02 Å². The third kappa shape index (κ3) is 3.17. The maximum atomic E-state index is 9.69. The Bertz CT molecular complexity index is 596. The molecule has 0 atom stereocenters. The van der Waals surface area contributed by atoms with Crippen LogP contribution in [-0.2, 0) is 0 Å². The third-order valence-corrected chi connectivity index (χ3v) is 3.14. The van der Waals surface area contributed by atoms with Gasteiger partial charge in [0.2, 0.25) is 0 Å². The van der Waals surface area contributed by atoms with Crippen LogP contribution < -0.4 is 9.47 Å². The Morgan fingerprint density at radius 3 is 2.15 bits per heavy atom. The minimum Gasteiger partial charge on any atom is -0.506 e. The van der Waals surface area contributed by atoms with E-state index in [9.17, 15) is 5.11 Å². The van der Waals surface area contributed by atoms with Crippen molar-refractivity contribution in [1.29, 1.82) is 0 Å². The molecule has 0 aromatic heterocycles. The van der Waals surface area contributed by atoms with E-state index in [1.807, 2.05) is 38.1 Å². The van der Waals surface area contributed by atoms with E-state index >= 15 is 0 Å². The summed E-state index contributed by atoms with van der Waals surface area (Å²) in [4.78, 5) is 0. The first kappa shape index (κ1) is 14.5. The van der Waals surface area contributed by atoms with Gasteiger partial charge in [-0.3, -0.25) is 0 Å². The Labute approximate surface area is 123 Å². The topological polar surface area (TPSA) is 38.7 Å². The number of phenolic OH excluding ortho intramolecular Hbond substituents is 1. The summed E-state index contributed by atoms with van der Waals surface area (Å²) in [5.74, 6) is 1.48. The molecule has 0 amide bonds. The van der Waals surface area contributed by atoms with Crippen LogP contribution in [0.4, 0.5) is 0 Å². The van der Waals surface area contributed by atoms with Crippen LogP contribution in [0.15, 0.2) is 36.4 Å². The van der Waals surface area contributed by atoms with Crippen molar-refractivity contribution in [3.05, 3.63) is 41.4 Å². The van der Waals surface area contributed by atoms with Crippen molar-refractivity contribution in [3.8, 4) is 28.4 Å². The quantitative estimate of drug-likeness (QED) is 0.881. The Morgan fingerprint density at radius 2 is 1.50 bits per heavy atom. The van der Waals surface area contributed by atoms with Gasteiger partial charge in [-0.1, -0.05) is 23.7 Å². The zero-order valence-electron chi connectivity index (χ0n) is 11.5. The molecule has 0 radical (unpaired) electrons. The van der Waals surface area contributed by atoms with Crippen molar-refractivity contribution in [2.75, 3.05) is 13.2 Å². The monoisotopic (exact) mass is 292 g/mol. The van der Waals surface area contributed by atoms with Crippen LogP contribution in [0, 0.1) is 0 Å². The molecular weight excluding hydrogens is 276 g/mol. The van der Waals surface area contributed by atoms with Crippen LogP contribution >= 0.6 is 11.6 Å². The number of phenols is 1. The normalized spacial score (nSPS) is 10.3. The number of rotatable bonds is 5. The van der Waals surface area contributed by atoms with Gasteiger partial charge in [0.1, 0.15) is 5.75 Å². The summed E-state index contributed by atoms with van der Waals surface area (Å²) < 4.78 is 11.1. The van der Waals surface area contributed by atoms with E-state index in [0.717, 1.165) is 16.9 Å². The molecule has 0 unspecified atom stereocenters.